The highest BCUT2D eigenvalue weighted by atomic mass is 35.5. The molecule has 0 radical (unpaired) electrons. The van der Waals surface area contributed by atoms with Crippen LogP contribution in [0.1, 0.15) is 89.0 Å². The Hall–Kier alpha value is -6.23. The third kappa shape index (κ3) is 14.6. The van der Waals surface area contributed by atoms with Crippen molar-refractivity contribution >= 4 is 80.4 Å². The van der Waals surface area contributed by atoms with E-state index in [1.807, 2.05) is 62.4 Å². The van der Waals surface area contributed by atoms with Crippen LogP contribution in [0.5, 0.6) is 17.2 Å². The predicted molar refractivity (Wildman–Crippen MR) is 292 cm³/mol. The smallest absolute Gasteiger partial charge is 0.246 e. The second-order valence-corrected chi connectivity index (χ2v) is 21.7. The monoisotopic (exact) mass is 1080 g/mol. The summed E-state index contributed by atoms with van der Waals surface area (Å²) in [5.41, 5.74) is 5.96. The van der Waals surface area contributed by atoms with E-state index in [4.69, 9.17) is 37.4 Å². The molecule has 2 aliphatic rings. The fraction of sp³-hybridized carbons (Fsp3) is 0.473. The van der Waals surface area contributed by atoms with Crippen LogP contribution in [0.15, 0.2) is 60.2 Å². The number of ether oxygens (including phenoxy) is 3. The average Bonchev–Trinajstić information content (AvgIpc) is 4.02. The minimum atomic E-state index is -0.897. The van der Waals surface area contributed by atoms with Crippen molar-refractivity contribution in [2.24, 2.45) is 5.41 Å². The Morgan fingerprint density at radius 1 is 0.907 bits per heavy atom. The van der Waals surface area contributed by atoms with E-state index in [9.17, 15) is 29.5 Å². The van der Waals surface area contributed by atoms with Crippen molar-refractivity contribution in [2.45, 2.75) is 104 Å². The first-order valence-electron chi connectivity index (χ1n) is 25.4. The number of nitrogens with zero attached hydrogens (tertiary/aromatic N) is 6. The number of halogens is 2. The summed E-state index contributed by atoms with van der Waals surface area (Å²) < 4.78 is 17.3. The number of piperazine rings is 1. The molecule has 0 saturated carbocycles. The summed E-state index contributed by atoms with van der Waals surface area (Å²) in [6.45, 7) is 11.9. The number of thiazole rings is 1. The standard InChI is InChI=1S/C55H67Cl2N9O8S/c1-34-51(75-33-61-34)36-16-14-35(15-17-36)30-60-53(70)44-24-38(67)32-66(44)54(71)52(55(2,3)4)63-48(68)12-9-7-8-10-13-49(69)65-21-19-64(20-22-65)18-11-23-74-47-27-42-39(25-46(47)73-6)50(37(29-58)31-59-42)62-43-28-45(72-5)41(57)26-40(43)56/h14-17,25-28,31,33,38,44,52,67H,7-13,18-24,30,32H2,1-6H3,(H,59,62)(H,60,70)(H,63,68)/t38-,44+,52-/m1/s1. The number of pyridine rings is 1. The Morgan fingerprint density at radius 3 is 2.29 bits per heavy atom. The van der Waals surface area contributed by atoms with Gasteiger partial charge in [-0.2, -0.15) is 5.26 Å². The van der Waals surface area contributed by atoms with E-state index in [1.165, 1.54) is 18.2 Å². The third-order valence-corrected chi connectivity index (χ3v) is 15.2. The number of aryl methyl sites for hydroxylation is 1. The maximum absolute atomic E-state index is 14.1. The topological polar surface area (TPSA) is 212 Å². The molecule has 4 amide bonds. The molecule has 4 N–H and O–H groups in total. The van der Waals surface area contributed by atoms with Crippen LogP contribution in [0, 0.1) is 23.7 Å². The van der Waals surface area contributed by atoms with Crippen LogP contribution < -0.4 is 30.2 Å². The fourth-order valence-corrected chi connectivity index (χ4v) is 10.7. The molecule has 0 spiro atoms. The number of hydrogen-bond donors (Lipinski definition) is 4. The Kier molecular flexibility index (Phi) is 19.6. The van der Waals surface area contributed by atoms with Gasteiger partial charge in [0.25, 0.3) is 0 Å². The van der Waals surface area contributed by atoms with Gasteiger partial charge < -0.3 is 45.1 Å². The largest absolute Gasteiger partial charge is 0.495 e. The van der Waals surface area contributed by atoms with E-state index >= 15 is 0 Å². The highest BCUT2D eigenvalue weighted by molar-refractivity contribution is 7.13. The second-order valence-electron chi connectivity index (χ2n) is 20.1. The lowest BCUT2D eigenvalue weighted by Gasteiger charge is -2.35. The number of aliphatic hydroxyl groups excluding tert-OH is 1. The first-order chi connectivity index (χ1) is 36.0. The van der Waals surface area contributed by atoms with Crippen molar-refractivity contribution in [2.75, 3.05) is 65.4 Å². The van der Waals surface area contributed by atoms with Crippen LogP contribution in [-0.2, 0) is 25.7 Å². The molecule has 2 fully saturated rings. The van der Waals surface area contributed by atoms with Crippen LogP contribution in [-0.4, -0.2) is 132 Å². The number of amides is 4. The zero-order valence-corrected chi connectivity index (χ0v) is 45.8. The zero-order chi connectivity index (χ0) is 53.8. The van der Waals surface area contributed by atoms with Gasteiger partial charge in [0.05, 0.1) is 75.5 Å². The molecule has 3 atom stereocenters. The van der Waals surface area contributed by atoms with Gasteiger partial charge in [0.2, 0.25) is 23.6 Å². The second kappa shape index (κ2) is 26.0. The number of β-amino-alcohol motifs (C(OH)–C–C–N with tert-alkyl or cyclic N) is 1. The number of benzene rings is 3. The van der Waals surface area contributed by atoms with Crippen LogP contribution in [0.25, 0.3) is 21.3 Å². The zero-order valence-electron chi connectivity index (χ0n) is 43.5. The van der Waals surface area contributed by atoms with E-state index < -0.39 is 29.5 Å². The van der Waals surface area contributed by atoms with Gasteiger partial charge in [-0.15, -0.1) is 11.3 Å². The molecule has 0 bridgehead atoms. The van der Waals surface area contributed by atoms with E-state index in [-0.39, 0.29) is 43.7 Å². The molecule has 2 saturated heterocycles. The maximum atomic E-state index is 14.1. The van der Waals surface area contributed by atoms with E-state index in [2.05, 4.69) is 36.9 Å². The molecule has 2 aliphatic heterocycles. The Balaban J connectivity index is 0.789. The number of nitriles is 1. The number of nitrogens with one attached hydrogen (secondary N) is 3. The van der Waals surface area contributed by atoms with Gasteiger partial charge in [-0.05, 0) is 54.9 Å². The number of anilines is 2. The first kappa shape index (κ1) is 56.5. The number of rotatable bonds is 22. The SMILES string of the molecule is COc1cc(Nc2c(C#N)cnc3cc(OCCCN4CCN(C(=O)CCCCCCC(=O)N[C@H](C(=O)N5C[C@H](O)C[C@H]5C(=O)NCc5ccc(-c6scnc6C)cc5)C(C)(C)C)CC4)c(OC)cc23)c(Cl)cc1Cl. The lowest BCUT2D eigenvalue weighted by Crippen LogP contribution is -2.57. The van der Waals surface area contributed by atoms with Gasteiger partial charge in [-0.25, -0.2) is 4.98 Å². The van der Waals surface area contributed by atoms with Gasteiger partial charge in [-0.1, -0.05) is 81.1 Å². The Labute approximate surface area is 452 Å². The summed E-state index contributed by atoms with van der Waals surface area (Å²) in [4.78, 5) is 69.5. The first-order valence-corrected chi connectivity index (χ1v) is 27.0. The minimum absolute atomic E-state index is 0.00498. The molecule has 17 nitrogen and oxygen atoms in total. The van der Waals surface area contributed by atoms with Crippen molar-refractivity contribution in [1.29, 1.82) is 5.26 Å². The van der Waals surface area contributed by atoms with Crippen molar-refractivity contribution in [1.82, 2.24) is 35.3 Å². The molecule has 3 aromatic carbocycles. The molecule has 2 aromatic heterocycles. The number of aliphatic hydroxyl groups is 1. The van der Waals surface area contributed by atoms with Gasteiger partial charge in [-0.3, -0.25) is 29.1 Å². The molecular formula is C55H67Cl2N9O8S. The molecule has 75 heavy (non-hydrogen) atoms. The Bertz CT molecular complexity index is 2860. The van der Waals surface area contributed by atoms with E-state index in [0.29, 0.717) is 87.7 Å². The number of unbranched alkanes of at least 4 members (excludes halogenated alkanes) is 3. The van der Waals surface area contributed by atoms with Gasteiger partial charge in [0, 0.05) is 88.8 Å². The van der Waals surface area contributed by atoms with E-state index in [0.717, 1.165) is 67.0 Å². The lowest BCUT2D eigenvalue weighted by molar-refractivity contribution is -0.144. The van der Waals surface area contributed by atoms with Crippen LogP contribution >= 0.6 is 34.5 Å². The molecule has 0 unspecified atom stereocenters. The summed E-state index contributed by atoms with van der Waals surface area (Å²) in [6, 6.07) is 15.1. The van der Waals surface area contributed by atoms with Gasteiger partial charge in [0.15, 0.2) is 11.5 Å². The number of fused-ring (bicyclic) bond motifs is 1. The predicted octanol–water partition coefficient (Wildman–Crippen LogP) is 8.67. The van der Waals surface area contributed by atoms with E-state index in [1.54, 1.807) is 42.7 Å². The van der Waals surface area contributed by atoms with Crippen molar-refractivity contribution in [3.8, 4) is 33.8 Å². The maximum Gasteiger partial charge on any atom is 0.246 e. The summed E-state index contributed by atoms with van der Waals surface area (Å²) in [6.07, 6.45) is 5.04. The molecule has 5 aromatic rings. The highest BCUT2D eigenvalue weighted by Crippen LogP contribution is 2.41. The number of aromatic nitrogens is 2. The number of methoxy groups -OCH3 is 2. The quantitative estimate of drug-likeness (QED) is 0.0479. The number of carbonyl (C=O) groups excluding carboxylic acids is 4. The number of carbonyl (C=O) groups is 4. The molecular weight excluding hydrogens is 1020 g/mol. The molecule has 400 valence electrons. The lowest BCUT2D eigenvalue weighted by atomic mass is 9.85. The normalized spacial score (nSPS) is 16.3. The summed E-state index contributed by atoms with van der Waals surface area (Å²) in [7, 11) is 3.06. The van der Waals surface area contributed by atoms with Crippen LogP contribution in [0.3, 0.4) is 0 Å². The number of hydrogen-bond acceptors (Lipinski definition) is 14. The average molecular weight is 1090 g/mol. The minimum Gasteiger partial charge on any atom is -0.495 e. The summed E-state index contributed by atoms with van der Waals surface area (Å²) >= 11 is 14.3. The summed E-state index contributed by atoms with van der Waals surface area (Å²) in [5.74, 6) is 0.553. The van der Waals surface area contributed by atoms with Crippen molar-refractivity contribution in [3.63, 3.8) is 0 Å². The molecule has 4 heterocycles. The molecule has 20 heteroatoms. The third-order valence-electron chi connectivity index (χ3n) is 13.6. The van der Waals surface area contributed by atoms with Gasteiger partial charge in [0.1, 0.15) is 23.9 Å². The van der Waals surface area contributed by atoms with Gasteiger partial charge >= 0.3 is 0 Å². The van der Waals surface area contributed by atoms with Crippen LogP contribution in [0.2, 0.25) is 10.0 Å². The molecule has 0 aliphatic carbocycles. The van der Waals surface area contributed by atoms with Crippen LogP contribution in [0.4, 0.5) is 11.4 Å². The Morgan fingerprint density at radius 2 is 1.63 bits per heavy atom. The number of likely N-dealkylation sites (tertiary alicyclic amines) is 1. The highest BCUT2D eigenvalue weighted by Gasteiger charge is 2.44. The molecule has 7 rings (SSSR count). The van der Waals surface area contributed by atoms with Crippen molar-refractivity contribution < 1.29 is 38.5 Å². The fourth-order valence-electron chi connectivity index (χ4n) is 9.39. The summed E-state index contributed by atoms with van der Waals surface area (Å²) in [5, 5.41) is 31.0. The van der Waals surface area contributed by atoms with Crippen molar-refractivity contribution in [3.05, 3.63) is 87.1 Å².